The lowest BCUT2D eigenvalue weighted by Gasteiger charge is -2.39. The van der Waals surface area contributed by atoms with Gasteiger partial charge in [-0.2, -0.15) is 0 Å². The molecule has 1 unspecified atom stereocenters. The highest BCUT2D eigenvalue weighted by atomic mass is 32.1. The monoisotopic (exact) mass is 299 g/mol. The average Bonchev–Trinajstić information content (AvgIpc) is 2.49. The molecule has 3 rings (SSSR count). The van der Waals surface area contributed by atoms with Crippen molar-refractivity contribution in [2.45, 2.75) is 13.0 Å². The van der Waals surface area contributed by atoms with Gasteiger partial charge in [-0.15, -0.1) is 0 Å². The van der Waals surface area contributed by atoms with E-state index in [2.05, 4.69) is 54.1 Å². The van der Waals surface area contributed by atoms with Gasteiger partial charge in [0.15, 0.2) is 0 Å². The van der Waals surface area contributed by atoms with Crippen molar-refractivity contribution in [3.05, 3.63) is 42.0 Å². The van der Waals surface area contributed by atoms with Gasteiger partial charge >= 0.3 is 0 Å². The second-order valence-electron chi connectivity index (χ2n) is 5.82. The molecule has 0 aliphatic carbocycles. The summed E-state index contributed by atoms with van der Waals surface area (Å²) < 4.78 is 0. The van der Waals surface area contributed by atoms with E-state index in [4.69, 9.17) is 18.0 Å². The molecule has 4 heteroatoms. The summed E-state index contributed by atoms with van der Waals surface area (Å²) in [6.07, 6.45) is 0. The van der Waals surface area contributed by atoms with E-state index in [1.807, 2.05) is 6.07 Å². The third-order valence-corrected chi connectivity index (χ3v) is 4.69. The zero-order chi connectivity index (χ0) is 15.0. The quantitative estimate of drug-likeness (QED) is 0.864. The summed E-state index contributed by atoms with van der Waals surface area (Å²) in [5, 5.41) is 2.38. The standard InChI is InChI=1S/C17H21N3S/c1-12-11-20(10-9-19(12)2)16-8-7-15(17(18)21)13-5-3-4-6-14(13)16/h3-8,12H,9-11H2,1-2H3,(H2,18,21). The predicted octanol–water partition coefficient (Wildman–Crippen LogP) is 2.61. The molecule has 0 aromatic heterocycles. The maximum Gasteiger partial charge on any atom is 0.104 e. The second kappa shape index (κ2) is 5.62. The maximum atomic E-state index is 5.86. The average molecular weight is 299 g/mol. The van der Waals surface area contributed by atoms with Crippen LogP contribution in [0, 0.1) is 0 Å². The molecule has 21 heavy (non-hydrogen) atoms. The number of benzene rings is 2. The van der Waals surface area contributed by atoms with Crippen LogP contribution in [0.25, 0.3) is 10.8 Å². The number of hydrogen-bond acceptors (Lipinski definition) is 3. The van der Waals surface area contributed by atoms with Crippen LogP contribution in [0.5, 0.6) is 0 Å². The molecular weight excluding hydrogens is 278 g/mol. The molecule has 2 aromatic rings. The Bertz CT molecular complexity index is 683. The molecule has 1 atom stereocenters. The minimum absolute atomic E-state index is 0.462. The normalized spacial score (nSPS) is 19.9. The van der Waals surface area contributed by atoms with Gasteiger partial charge in [0.05, 0.1) is 0 Å². The summed E-state index contributed by atoms with van der Waals surface area (Å²) in [6.45, 7) is 5.47. The molecular formula is C17H21N3S. The summed E-state index contributed by atoms with van der Waals surface area (Å²) in [6, 6.07) is 13.2. The van der Waals surface area contributed by atoms with Crippen molar-refractivity contribution in [3.63, 3.8) is 0 Å². The van der Waals surface area contributed by atoms with Crippen LogP contribution in [0.15, 0.2) is 36.4 Å². The number of fused-ring (bicyclic) bond motifs is 1. The van der Waals surface area contributed by atoms with Crippen molar-refractivity contribution in [3.8, 4) is 0 Å². The number of rotatable bonds is 2. The number of likely N-dealkylation sites (N-methyl/N-ethyl adjacent to an activating group) is 1. The molecule has 2 N–H and O–H groups in total. The molecule has 0 amide bonds. The molecule has 1 saturated heterocycles. The first-order chi connectivity index (χ1) is 10.1. The van der Waals surface area contributed by atoms with Crippen molar-refractivity contribution in [2.24, 2.45) is 5.73 Å². The van der Waals surface area contributed by atoms with Gasteiger partial charge < -0.3 is 15.5 Å². The molecule has 0 saturated carbocycles. The summed E-state index contributed by atoms with van der Waals surface area (Å²) in [7, 11) is 2.19. The number of anilines is 1. The topological polar surface area (TPSA) is 32.5 Å². The van der Waals surface area contributed by atoms with Gasteiger partial charge in [-0.05, 0) is 31.5 Å². The first-order valence-electron chi connectivity index (χ1n) is 7.34. The Morgan fingerprint density at radius 2 is 1.86 bits per heavy atom. The lowest BCUT2D eigenvalue weighted by atomic mass is 10.0. The lowest BCUT2D eigenvalue weighted by molar-refractivity contribution is 0.234. The Hall–Kier alpha value is -1.65. The van der Waals surface area contributed by atoms with Gasteiger partial charge in [0.1, 0.15) is 4.99 Å². The molecule has 1 aliphatic rings. The van der Waals surface area contributed by atoms with E-state index in [-0.39, 0.29) is 0 Å². The SMILES string of the molecule is CC1CN(c2ccc(C(N)=S)c3ccccc23)CCN1C. The van der Waals surface area contributed by atoms with Crippen LogP contribution in [0.1, 0.15) is 12.5 Å². The Morgan fingerprint density at radius 3 is 2.52 bits per heavy atom. The minimum atomic E-state index is 0.462. The van der Waals surface area contributed by atoms with Gasteiger partial charge in [-0.3, -0.25) is 0 Å². The van der Waals surface area contributed by atoms with Gasteiger partial charge in [0.25, 0.3) is 0 Å². The van der Waals surface area contributed by atoms with Gasteiger partial charge in [-0.1, -0.05) is 36.5 Å². The van der Waals surface area contributed by atoms with Crippen molar-refractivity contribution in [2.75, 3.05) is 31.6 Å². The third kappa shape index (κ3) is 2.61. The second-order valence-corrected chi connectivity index (χ2v) is 6.26. The van der Waals surface area contributed by atoms with E-state index in [0.717, 1.165) is 30.6 Å². The highest BCUT2D eigenvalue weighted by Gasteiger charge is 2.22. The van der Waals surface area contributed by atoms with Crippen LogP contribution in [-0.4, -0.2) is 42.6 Å². The molecule has 1 aliphatic heterocycles. The Morgan fingerprint density at radius 1 is 1.14 bits per heavy atom. The van der Waals surface area contributed by atoms with Crippen molar-refractivity contribution in [1.29, 1.82) is 0 Å². The smallest absolute Gasteiger partial charge is 0.104 e. The van der Waals surface area contributed by atoms with Gasteiger partial charge in [-0.25, -0.2) is 0 Å². The highest BCUT2D eigenvalue weighted by molar-refractivity contribution is 7.80. The zero-order valence-electron chi connectivity index (χ0n) is 12.5. The Balaban J connectivity index is 2.08. The zero-order valence-corrected chi connectivity index (χ0v) is 13.4. The largest absolute Gasteiger partial charge is 0.389 e. The fourth-order valence-electron chi connectivity index (χ4n) is 3.04. The third-order valence-electron chi connectivity index (χ3n) is 4.47. The van der Waals surface area contributed by atoms with E-state index < -0.39 is 0 Å². The first kappa shape index (κ1) is 14.3. The lowest BCUT2D eigenvalue weighted by Crippen LogP contribution is -2.50. The van der Waals surface area contributed by atoms with Gasteiger partial charge in [0, 0.05) is 42.3 Å². The fourth-order valence-corrected chi connectivity index (χ4v) is 3.22. The Labute approximate surface area is 131 Å². The molecule has 0 bridgehead atoms. The summed E-state index contributed by atoms with van der Waals surface area (Å²) in [5.74, 6) is 0. The summed E-state index contributed by atoms with van der Waals surface area (Å²) in [5.41, 5.74) is 8.11. The summed E-state index contributed by atoms with van der Waals surface area (Å²) in [4.78, 5) is 5.34. The van der Waals surface area contributed by atoms with E-state index in [1.165, 1.54) is 11.1 Å². The molecule has 3 nitrogen and oxygen atoms in total. The molecule has 1 heterocycles. The summed E-state index contributed by atoms with van der Waals surface area (Å²) >= 11 is 5.18. The van der Waals surface area contributed by atoms with Crippen LogP contribution in [0.4, 0.5) is 5.69 Å². The van der Waals surface area contributed by atoms with Gasteiger partial charge in [0.2, 0.25) is 0 Å². The first-order valence-corrected chi connectivity index (χ1v) is 7.75. The van der Waals surface area contributed by atoms with Crippen LogP contribution >= 0.6 is 12.2 Å². The number of piperazine rings is 1. The highest BCUT2D eigenvalue weighted by Crippen LogP contribution is 2.30. The number of nitrogens with two attached hydrogens (primary N) is 1. The molecule has 0 spiro atoms. The minimum Gasteiger partial charge on any atom is -0.389 e. The Kier molecular flexibility index (Phi) is 3.83. The molecule has 1 fully saturated rings. The van der Waals surface area contributed by atoms with Crippen LogP contribution < -0.4 is 10.6 Å². The molecule has 110 valence electrons. The van der Waals surface area contributed by atoms with E-state index in [9.17, 15) is 0 Å². The van der Waals surface area contributed by atoms with E-state index >= 15 is 0 Å². The predicted molar refractivity (Wildman–Crippen MR) is 94.1 cm³/mol. The van der Waals surface area contributed by atoms with Crippen molar-refractivity contribution < 1.29 is 0 Å². The molecule has 2 aromatic carbocycles. The van der Waals surface area contributed by atoms with E-state index in [0.29, 0.717) is 11.0 Å². The number of nitrogens with zero attached hydrogens (tertiary/aromatic N) is 2. The van der Waals surface area contributed by atoms with E-state index in [1.54, 1.807) is 0 Å². The van der Waals surface area contributed by atoms with Crippen LogP contribution in [0.2, 0.25) is 0 Å². The number of thiocarbonyl (C=S) groups is 1. The molecule has 0 radical (unpaired) electrons. The number of hydrogen-bond donors (Lipinski definition) is 1. The fraction of sp³-hybridized carbons (Fsp3) is 0.353. The van der Waals surface area contributed by atoms with Crippen molar-refractivity contribution in [1.82, 2.24) is 4.90 Å². The maximum absolute atomic E-state index is 5.86. The van der Waals surface area contributed by atoms with Crippen molar-refractivity contribution >= 4 is 33.7 Å². The van der Waals surface area contributed by atoms with Crippen LogP contribution in [-0.2, 0) is 0 Å². The van der Waals surface area contributed by atoms with Crippen LogP contribution in [0.3, 0.4) is 0 Å².